The molecule has 106 valence electrons. The molecule has 2 rings (SSSR count). The van der Waals surface area contributed by atoms with Crippen molar-refractivity contribution in [3.63, 3.8) is 0 Å². The minimum Gasteiger partial charge on any atom is -0.496 e. The summed E-state index contributed by atoms with van der Waals surface area (Å²) in [5, 5.41) is 10.9. The summed E-state index contributed by atoms with van der Waals surface area (Å²) in [6.45, 7) is 1.89. The Hall–Kier alpha value is -1.58. The highest BCUT2D eigenvalue weighted by Gasteiger charge is 2.15. The predicted molar refractivity (Wildman–Crippen MR) is 77.8 cm³/mol. The van der Waals surface area contributed by atoms with Gasteiger partial charge in [-0.1, -0.05) is 23.7 Å². The largest absolute Gasteiger partial charge is 0.496 e. The molecule has 0 heterocycles. The van der Waals surface area contributed by atoms with Crippen molar-refractivity contribution in [1.29, 1.82) is 0 Å². The Kier molecular flexibility index (Phi) is 4.63. The van der Waals surface area contributed by atoms with Crippen LogP contribution in [0.5, 0.6) is 5.75 Å². The number of hydrogen-bond acceptors (Lipinski definition) is 2. The van der Waals surface area contributed by atoms with Gasteiger partial charge in [-0.2, -0.15) is 0 Å². The predicted octanol–water partition coefficient (Wildman–Crippen LogP) is 4.07. The summed E-state index contributed by atoms with van der Waals surface area (Å²) in [5.41, 5.74) is 2.36. The van der Waals surface area contributed by atoms with Crippen molar-refractivity contribution in [2.45, 2.75) is 19.4 Å². The van der Waals surface area contributed by atoms with Gasteiger partial charge in [0.1, 0.15) is 11.6 Å². The molecule has 0 spiro atoms. The first-order valence-corrected chi connectivity index (χ1v) is 6.65. The van der Waals surface area contributed by atoms with Crippen molar-refractivity contribution in [3.8, 4) is 5.75 Å². The monoisotopic (exact) mass is 294 g/mol. The molecule has 20 heavy (non-hydrogen) atoms. The van der Waals surface area contributed by atoms with E-state index in [9.17, 15) is 9.50 Å². The van der Waals surface area contributed by atoms with E-state index >= 15 is 0 Å². The topological polar surface area (TPSA) is 29.5 Å². The normalized spacial score (nSPS) is 12.2. The lowest BCUT2D eigenvalue weighted by Crippen LogP contribution is -2.05. The van der Waals surface area contributed by atoms with Crippen molar-refractivity contribution in [2.24, 2.45) is 0 Å². The maximum absolute atomic E-state index is 13.3. The molecule has 1 unspecified atom stereocenters. The fourth-order valence-electron chi connectivity index (χ4n) is 2.14. The molecule has 0 saturated heterocycles. The number of benzene rings is 2. The van der Waals surface area contributed by atoms with Gasteiger partial charge in [0.05, 0.1) is 13.2 Å². The molecule has 0 aliphatic carbocycles. The first-order chi connectivity index (χ1) is 9.51. The van der Waals surface area contributed by atoms with Gasteiger partial charge in [-0.15, -0.1) is 0 Å². The average molecular weight is 295 g/mol. The van der Waals surface area contributed by atoms with Crippen molar-refractivity contribution in [3.05, 3.63) is 63.9 Å². The summed E-state index contributed by atoms with van der Waals surface area (Å²) in [5.74, 6) is 0.222. The van der Waals surface area contributed by atoms with Crippen molar-refractivity contribution < 1.29 is 14.2 Å². The number of hydrogen-bond donors (Lipinski definition) is 1. The Labute approximate surface area is 122 Å². The van der Waals surface area contributed by atoms with Crippen molar-refractivity contribution in [2.75, 3.05) is 7.11 Å². The lowest BCUT2D eigenvalue weighted by molar-refractivity contribution is 0.173. The maximum Gasteiger partial charge on any atom is 0.126 e. The minimum absolute atomic E-state index is 0.305. The highest BCUT2D eigenvalue weighted by Crippen LogP contribution is 2.30. The molecule has 0 saturated carbocycles. The first-order valence-electron chi connectivity index (χ1n) is 6.28. The molecule has 2 aromatic rings. The number of aliphatic hydroxyl groups excluding tert-OH is 1. The minimum atomic E-state index is -0.775. The third-order valence-corrected chi connectivity index (χ3v) is 3.51. The quantitative estimate of drug-likeness (QED) is 0.921. The van der Waals surface area contributed by atoms with Crippen LogP contribution >= 0.6 is 11.6 Å². The molecule has 0 aliphatic heterocycles. The fraction of sp³-hybridized carbons (Fsp3) is 0.250. The summed E-state index contributed by atoms with van der Waals surface area (Å²) < 4.78 is 18.5. The summed E-state index contributed by atoms with van der Waals surface area (Å²) in [6.07, 6.45) is -0.454. The van der Waals surface area contributed by atoms with Crippen molar-refractivity contribution >= 4 is 11.6 Å². The number of halogens is 2. The highest BCUT2D eigenvalue weighted by atomic mass is 35.5. The Bertz CT molecular complexity index is 613. The second-order valence-corrected chi connectivity index (χ2v) is 5.11. The van der Waals surface area contributed by atoms with Crippen LogP contribution in [0.4, 0.5) is 4.39 Å². The molecule has 0 bridgehead atoms. The Balaban J connectivity index is 2.28. The Morgan fingerprint density at radius 3 is 2.70 bits per heavy atom. The summed E-state index contributed by atoms with van der Waals surface area (Å²) in [7, 11) is 1.52. The molecular weight excluding hydrogens is 279 g/mol. The average Bonchev–Trinajstić information content (AvgIpc) is 2.42. The standard InChI is InChI=1S/C16H16ClFO2/c1-10-3-5-13(18)7-11(10)8-15(19)14-6-4-12(17)9-16(14)20-2/h3-7,9,15,19H,8H2,1-2H3. The SMILES string of the molecule is COc1cc(Cl)ccc1C(O)Cc1cc(F)ccc1C. The zero-order valence-electron chi connectivity index (χ0n) is 11.4. The van der Waals surface area contributed by atoms with E-state index in [2.05, 4.69) is 0 Å². The number of aryl methyl sites for hydroxylation is 1. The van der Waals surface area contributed by atoms with Gasteiger partial charge in [0.25, 0.3) is 0 Å². The second-order valence-electron chi connectivity index (χ2n) is 4.68. The van der Waals surface area contributed by atoms with Crippen LogP contribution in [0.25, 0.3) is 0 Å². The number of aliphatic hydroxyl groups is 1. The van der Waals surface area contributed by atoms with E-state index in [0.29, 0.717) is 22.8 Å². The van der Waals surface area contributed by atoms with Crippen LogP contribution in [0, 0.1) is 12.7 Å². The molecule has 4 heteroatoms. The zero-order valence-corrected chi connectivity index (χ0v) is 12.1. The number of ether oxygens (including phenoxy) is 1. The van der Waals surface area contributed by atoms with E-state index in [0.717, 1.165) is 11.1 Å². The van der Waals surface area contributed by atoms with E-state index in [1.165, 1.54) is 19.2 Å². The second kappa shape index (κ2) is 6.25. The van der Waals surface area contributed by atoms with E-state index in [4.69, 9.17) is 16.3 Å². The van der Waals surface area contributed by atoms with Gasteiger partial charge in [0.15, 0.2) is 0 Å². The van der Waals surface area contributed by atoms with Crippen molar-refractivity contribution in [1.82, 2.24) is 0 Å². The van der Waals surface area contributed by atoms with Gasteiger partial charge in [-0.25, -0.2) is 4.39 Å². The third kappa shape index (κ3) is 3.30. The van der Waals surface area contributed by atoms with Crippen LogP contribution in [0.1, 0.15) is 22.8 Å². The van der Waals surface area contributed by atoms with Gasteiger partial charge in [-0.3, -0.25) is 0 Å². The fourth-order valence-corrected chi connectivity index (χ4v) is 2.30. The summed E-state index contributed by atoms with van der Waals surface area (Å²) >= 11 is 5.90. The molecule has 0 amide bonds. The van der Waals surface area contributed by atoms with Gasteiger partial charge >= 0.3 is 0 Å². The Morgan fingerprint density at radius 2 is 2.00 bits per heavy atom. The van der Waals surface area contributed by atoms with Crippen LogP contribution in [0.15, 0.2) is 36.4 Å². The van der Waals surface area contributed by atoms with Crippen LogP contribution in [-0.2, 0) is 6.42 Å². The van der Waals surface area contributed by atoms with Gasteiger partial charge < -0.3 is 9.84 Å². The Morgan fingerprint density at radius 1 is 1.25 bits per heavy atom. The molecule has 1 N–H and O–H groups in total. The van der Waals surface area contributed by atoms with E-state index in [-0.39, 0.29) is 5.82 Å². The van der Waals surface area contributed by atoms with E-state index in [1.807, 2.05) is 6.92 Å². The van der Waals surface area contributed by atoms with Gasteiger partial charge in [0.2, 0.25) is 0 Å². The number of rotatable bonds is 4. The third-order valence-electron chi connectivity index (χ3n) is 3.28. The summed E-state index contributed by atoms with van der Waals surface area (Å²) in [6, 6.07) is 9.63. The number of methoxy groups -OCH3 is 1. The molecule has 1 atom stereocenters. The summed E-state index contributed by atoms with van der Waals surface area (Å²) in [4.78, 5) is 0. The molecule has 2 aromatic carbocycles. The van der Waals surface area contributed by atoms with Gasteiger partial charge in [-0.05, 0) is 42.3 Å². The molecular formula is C16H16ClFO2. The lowest BCUT2D eigenvalue weighted by Gasteiger charge is -2.16. The molecule has 0 fully saturated rings. The highest BCUT2D eigenvalue weighted by molar-refractivity contribution is 6.30. The van der Waals surface area contributed by atoms with Crippen LogP contribution < -0.4 is 4.74 Å². The zero-order chi connectivity index (χ0) is 14.7. The van der Waals surface area contributed by atoms with Gasteiger partial charge in [0, 0.05) is 17.0 Å². The molecule has 0 aliphatic rings. The molecule has 0 aromatic heterocycles. The lowest BCUT2D eigenvalue weighted by atomic mass is 9.97. The first kappa shape index (κ1) is 14.8. The molecule has 0 radical (unpaired) electrons. The maximum atomic E-state index is 13.3. The van der Waals surface area contributed by atoms with Crippen LogP contribution in [0.3, 0.4) is 0 Å². The smallest absolute Gasteiger partial charge is 0.126 e. The van der Waals surface area contributed by atoms with Crippen LogP contribution in [-0.4, -0.2) is 12.2 Å². The molecule has 2 nitrogen and oxygen atoms in total. The van der Waals surface area contributed by atoms with E-state index in [1.54, 1.807) is 24.3 Å². The van der Waals surface area contributed by atoms with E-state index < -0.39 is 6.10 Å². The van der Waals surface area contributed by atoms with Crippen LogP contribution in [0.2, 0.25) is 5.02 Å².